The first-order valence-corrected chi connectivity index (χ1v) is 7.20. The number of hydrogen-bond acceptors (Lipinski definition) is 4. The topological polar surface area (TPSA) is 88.0 Å². The van der Waals surface area contributed by atoms with E-state index in [0.29, 0.717) is 5.82 Å². The summed E-state index contributed by atoms with van der Waals surface area (Å²) in [6.45, 7) is 7.71. The molecular formula is C16H21N3O3. The molecule has 0 saturated carbocycles. The van der Waals surface area contributed by atoms with E-state index in [1.54, 1.807) is 0 Å². The zero-order chi connectivity index (χ0) is 16.3. The van der Waals surface area contributed by atoms with Crippen molar-refractivity contribution in [3.8, 4) is 0 Å². The van der Waals surface area contributed by atoms with Crippen LogP contribution in [-0.4, -0.2) is 16.0 Å². The number of hydrogen-bond donors (Lipinski definition) is 2. The molecule has 1 aromatic carbocycles. The average Bonchev–Trinajstić information content (AvgIpc) is 2.89. The number of nitrogens with one attached hydrogen (secondary N) is 2. The number of amides is 1. The van der Waals surface area contributed by atoms with Crippen molar-refractivity contribution in [1.29, 1.82) is 0 Å². The Morgan fingerprint density at radius 1 is 1.27 bits per heavy atom. The van der Waals surface area contributed by atoms with Crippen LogP contribution in [0, 0.1) is 5.41 Å². The van der Waals surface area contributed by atoms with Gasteiger partial charge in [-0.25, -0.2) is 4.79 Å². The minimum Gasteiger partial charge on any atom is -0.345 e. The van der Waals surface area contributed by atoms with Crippen molar-refractivity contribution < 1.29 is 9.32 Å². The van der Waals surface area contributed by atoms with E-state index in [1.165, 1.54) is 0 Å². The largest absolute Gasteiger partial charge is 0.438 e. The SMILES string of the molecule is CC(C(=O)NC(c1noc(=O)[nH]1)C(C)(C)C)c1ccccc1. The van der Waals surface area contributed by atoms with Gasteiger partial charge in [-0.05, 0) is 17.9 Å². The molecule has 1 heterocycles. The predicted octanol–water partition coefficient (Wildman–Crippen LogP) is 2.37. The molecule has 2 aromatic rings. The first-order chi connectivity index (χ1) is 10.3. The van der Waals surface area contributed by atoms with Crippen molar-refractivity contribution in [2.75, 3.05) is 0 Å². The normalized spacial score (nSPS) is 14.4. The molecule has 118 valence electrons. The van der Waals surface area contributed by atoms with Crippen molar-refractivity contribution in [1.82, 2.24) is 15.5 Å². The van der Waals surface area contributed by atoms with Crippen LogP contribution in [0.5, 0.6) is 0 Å². The molecule has 0 spiro atoms. The standard InChI is InChI=1S/C16H21N3O3/c1-10(11-8-6-5-7-9-11)14(20)17-12(16(2,3)4)13-18-15(21)22-19-13/h5-10,12H,1-4H3,(H,17,20)(H,18,19,21). The average molecular weight is 303 g/mol. The van der Waals surface area contributed by atoms with Gasteiger partial charge in [0.2, 0.25) is 5.91 Å². The van der Waals surface area contributed by atoms with Gasteiger partial charge < -0.3 is 5.32 Å². The van der Waals surface area contributed by atoms with Crippen LogP contribution in [0.3, 0.4) is 0 Å². The number of nitrogens with zero attached hydrogens (tertiary/aromatic N) is 1. The molecule has 0 saturated heterocycles. The van der Waals surface area contributed by atoms with Gasteiger partial charge in [0.1, 0.15) is 0 Å². The Kier molecular flexibility index (Phi) is 4.49. The van der Waals surface area contributed by atoms with Crippen LogP contribution >= 0.6 is 0 Å². The smallest absolute Gasteiger partial charge is 0.345 e. The molecule has 2 atom stereocenters. The van der Waals surface area contributed by atoms with Crippen molar-refractivity contribution >= 4 is 5.91 Å². The Bertz CT molecular complexity index is 682. The molecule has 22 heavy (non-hydrogen) atoms. The molecule has 6 heteroatoms. The summed E-state index contributed by atoms with van der Waals surface area (Å²) in [5.74, 6) is -0.736. The van der Waals surface area contributed by atoms with Gasteiger partial charge in [-0.3, -0.25) is 14.3 Å². The van der Waals surface area contributed by atoms with Crippen molar-refractivity contribution in [2.24, 2.45) is 5.41 Å². The third-order valence-corrected chi connectivity index (χ3v) is 3.58. The Balaban J connectivity index is 2.21. The number of carbonyl (C=O) groups is 1. The summed E-state index contributed by atoms with van der Waals surface area (Å²) in [6.07, 6.45) is 0. The lowest BCUT2D eigenvalue weighted by molar-refractivity contribution is -0.123. The summed E-state index contributed by atoms with van der Waals surface area (Å²) < 4.78 is 4.55. The van der Waals surface area contributed by atoms with Crippen LogP contribution < -0.4 is 11.1 Å². The van der Waals surface area contributed by atoms with E-state index in [9.17, 15) is 9.59 Å². The van der Waals surface area contributed by atoms with Gasteiger partial charge in [-0.2, -0.15) is 0 Å². The second-order valence-electron chi connectivity index (χ2n) is 6.42. The zero-order valence-corrected chi connectivity index (χ0v) is 13.2. The lowest BCUT2D eigenvalue weighted by atomic mass is 9.85. The molecule has 0 radical (unpaired) electrons. The first kappa shape index (κ1) is 16.0. The lowest BCUT2D eigenvalue weighted by Crippen LogP contribution is -2.39. The number of rotatable bonds is 4. The third kappa shape index (κ3) is 3.63. The van der Waals surface area contributed by atoms with Crippen molar-refractivity contribution in [3.05, 3.63) is 52.3 Å². The van der Waals surface area contributed by atoms with Gasteiger partial charge in [-0.15, -0.1) is 0 Å². The fourth-order valence-corrected chi connectivity index (χ4v) is 2.22. The summed E-state index contributed by atoms with van der Waals surface area (Å²) in [5.41, 5.74) is 0.604. The molecule has 6 nitrogen and oxygen atoms in total. The molecule has 2 rings (SSSR count). The number of carbonyl (C=O) groups excluding carboxylic acids is 1. The van der Waals surface area contributed by atoms with E-state index in [0.717, 1.165) is 5.56 Å². The van der Waals surface area contributed by atoms with Crippen molar-refractivity contribution in [3.63, 3.8) is 0 Å². The van der Waals surface area contributed by atoms with E-state index < -0.39 is 11.8 Å². The number of H-pyrrole nitrogens is 1. The monoisotopic (exact) mass is 303 g/mol. The Morgan fingerprint density at radius 3 is 2.41 bits per heavy atom. The molecule has 0 bridgehead atoms. The van der Waals surface area contributed by atoms with Gasteiger partial charge >= 0.3 is 5.76 Å². The van der Waals surface area contributed by atoms with E-state index >= 15 is 0 Å². The van der Waals surface area contributed by atoms with Crippen LogP contribution in [0.1, 0.15) is 51.0 Å². The molecular weight excluding hydrogens is 282 g/mol. The van der Waals surface area contributed by atoms with Gasteiger partial charge in [0.15, 0.2) is 5.82 Å². The van der Waals surface area contributed by atoms with Crippen LogP contribution in [0.15, 0.2) is 39.6 Å². The van der Waals surface area contributed by atoms with Gasteiger partial charge in [0.25, 0.3) is 0 Å². The molecule has 0 aliphatic heterocycles. The number of aromatic amines is 1. The van der Waals surface area contributed by atoms with Crippen LogP contribution in [0.25, 0.3) is 0 Å². The maximum Gasteiger partial charge on any atom is 0.438 e. The van der Waals surface area contributed by atoms with Crippen LogP contribution in [0.2, 0.25) is 0 Å². The lowest BCUT2D eigenvalue weighted by Gasteiger charge is -2.30. The number of aromatic nitrogens is 2. The summed E-state index contributed by atoms with van der Waals surface area (Å²) in [5, 5.41) is 6.66. The molecule has 0 fully saturated rings. The predicted molar refractivity (Wildman–Crippen MR) is 82.3 cm³/mol. The molecule has 1 amide bonds. The quantitative estimate of drug-likeness (QED) is 0.907. The highest BCUT2D eigenvalue weighted by Crippen LogP contribution is 2.31. The summed E-state index contributed by atoms with van der Waals surface area (Å²) in [6, 6.07) is 9.08. The summed E-state index contributed by atoms with van der Waals surface area (Å²) >= 11 is 0. The third-order valence-electron chi connectivity index (χ3n) is 3.58. The van der Waals surface area contributed by atoms with Gasteiger partial charge in [-0.1, -0.05) is 56.3 Å². The first-order valence-electron chi connectivity index (χ1n) is 7.20. The van der Waals surface area contributed by atoms with Gasteiger partial charge in [0, 0.05) is 0 Å². The minimum absolute atomic E-state index is 0.130. The fraction of sp³-hybridized carbons (Fsp3) is 0.438. The Labute approximate surface area is 128 Å². The maximum atomic E-state index is 12.5. The Morgan fingerprint density at radius 2 is 1.91 bits per heavy atom. The van der Waals surface area contributed by atoms with Crippen molar-refractivity contribution in [2.45, 2.75) is 39.7 Å². The van der Waals surface area contributed by atoms with E-state index in [4.69, 9.17) is 0 Å². The minimum atomic E-state index is -0.630. The molecule has 0 aliphatic rings. The molecule has 2 unspecified atom stereocenters. The number of benzene rings is 1. The van der Waals surface area contributed by atoms with Crippen LogP contribution in [0.4, 0.5) is 0 Å². The van der Waals surface area contributed by atoms with Crippen LogP contribution in [-0.2, 0) is 4.79 Å². The second-order valence-corrected chi connectivity index (χ2v) is 6.42. The Hall–Kier alpha value is -2.37. The highest BCUT2D eigenvalue weighted by molar-refractivity contribution is 5.83. The molecule has 0 aliphatic carbocycles. The van der Waals surface area contributed by atoms with E-state index in [-0.39, 0.29) is 17.2 Å². The second kappa shape index (κ2) is 6.17. The molecule has 2 N–H and O–H groups in total. The van der Waals surface area contributed by atoms with E-state index in [2.05, 4.69) is 20.0 Å². The van der Waals surface area contributed by atoms with E-state index in [1.807, 2.05) is 58.0 Å². The maximum absolute atomic E-state index is 12.5. The zero-order valence-electron chi connectivity index (χ0n) is 13.2. The highest BCUT2D eigenvalue weighted by atomic mass is 16.5. The molecule has 1 aromatic heterocycles. The summed E-state index contributed by atoms with van der Waals surface area (Å²) in [7, 11) is 0. The highest BCUT2D eigenvalue weighted by Gasteiger charge is 2.32. The fourth-order valence-electron chi connectivity index (χ4n) is 2.22. The van der Waals surface area contributed by atoms with Gasteiger partial charge in [0.05, 0.1) is 12.0 Å². The summed E-state index contributed by atoms with van der Waals surface area (Å²) in [4.78, 5) is 26.2.